The van der Waals surface area contributed by atoms with E-state index in [2.05, 4.69) is 26.3 Å². The van der Waals surface area contributed by atoms with Crippen LogP contribution in [0.25, 0.3) is 0 Å². The average Bonchev–Trinajstić information content (AvgIpc) is 3.11. The maximum absolute atomic E-state index is 12.8. The molecule has 1 saturated carbocycles. The minimum atomic E-state index is -0.306. The Morgan fingerprint density at radius 1 is 1.41 bits per heavy atom. The molecular formula is C20H26N4O2S. The fourth-order valence-corrected chi connectivity index (χ4v) is 4.96. The van der Waals surface area contributed by atoms with Crippen LogP contribution in [0.4, 0.5) is 0 Å². The molecule has 6 nitrogen and oxygen atoms in total. The second-order valence-corrected chi connectivity index (χ2v) is 8.34. The Bertz CT molecular complexity index is 777. The number of aryl methyl sites for hydroxylation is 1. The predicted molar refractivity (Wildman–Crippen MR) is 105 cm³/mol. The van der Waals surface area contributed by atoms with E-state index < -0.39 is 0 Å². The molecule has 0 bridgehead atoms. The molecule has 1 saturated heterocycles. The summed E-state index contributed by atoms with van der Waals surface area (Å²) in [6, 6.07) is 6.07. The molecule has 144 valence electrons. The largest absolute Gasteiger partial charge is 0.370 e. The normalized spacial score (nSPS) is 26.2. The molecule has 1 spiro atoms. The topological polar surface area (TPSA) is 67.4 Å². The third kappa shape index (κ3) is 4.05. The molecule has 1 N–H and O–H groups in total. The van der Waals surface area contributed by atoms with Crippen LogP contribution in [-0.4, -0.2) is 52.1 Å². The van der Waals surface area contributed by atoms with Gasteiger partial charge in [-0.1, -0.05) is 18.9 Å². The number of rotatable bonds is 4. The number of morpholine rings is 1. The summed E-state index contributed by atoms with van der Waals surface area (Å²) in [5.74, 6) is -0.0216. The molecule has 7 heteroatoms. The fourth-order valence-electron chi connectivity index (χ4n) is 4.26. The Balaban J connectivity index is 1.48. The molecule has 0 aromatic carbocycles. The number of pyridine rings is 1. The van der Waals surface area contributed by atoms with Gasteiger partial charge in [0, 0.05) is 25.8 Å². The first-order chi connectivity index (χ1) is 13.2. The van der Waals surface area contributed by atoms with E-state index >= 15 is 0 Å². The number of carbonyl (C=O) groups excluding carboxylic acids is 1. The molecule has 1 amide bonds. The molecule has 27 heavy (non-hydrogen) atoms. The zero-order chi connectivity index (χ0) is 18.7. The first-order valence-electron chi connectivity index (χ1n) is 9.63. The van der Waals surface area contributed by atoms with Crippen molar-refractivity contribution >= 4 is 17.2 Å². The highest BCUT2D eigenvalue weighted by Gasteiger charge is 2.46. The number of hydrogen-bond donors (Lipinski definition) is 1. The van der Waals surface area contributed by atoms with Crippen LogP contribution < -0.4 is 5.32 Å². The lowest BCUT2D eigenvalue weighted by molar-refractivity contribution is -0.143. The zero-order valence-electron chi connectivity index (χ0n) is 15.7. The van der Waals surface area contributed by atoms with Crippen molar-refractivity contribution in [2.75, 3.05) is 19.7 Å². The summed E-state index contributed by atoms with van der Waals surface area (Å²) < 4.78 is 6.35. The molecule has 2 aromatic heterocycles. The molecule has 2 fully saturated rings. The Morgan fingerprint density at radius 2 is 2.33 bits per heavy atom. The first-order valence-corrected chi connectivity index (χ1v) is 10.5. The van der Waals surface area contributed by atoms with E-state index in [-0.39, 0.29) is 17.6 Å². The summed E-state index contributed by atoms with van der Waals surface area (Å²) in [6.45, 7) is 5.12. The van der Waals surface area contributed by atoms with Crippen LogP contribution >= 0.6 is 11.3 Å². The maximum Gasteiger partial charge on any atom is 0.263 e. The molecule has 4 rings (SSSR count). The van der Waals surface area contributed by atoms with E-state index in [1.807, 2.05) is 25.3 Å². The number of nitrogens with zero attached hydrogens (tertiary/aromatic N) is 3. The number of thiazole rings is 1. The van der Waals surface area contributed by atoms with Gasteiger partial charge >= 0.3 is 0 Å². The van der Waals surface area contributed by atoms with E-state index in [4.69, 9.17) is 4.74 Å². The molecule has 2 aliphatic rings. The number of carbonyl (C=O) groups is 1. The quantitative estimate of drug-likeness (QED) is 0.875. The molecule has 1 aliphatic carbocycles. The maximum atomic E-state index is 12.8. The van der Waals surface area contributed by atoms with Crippen LogP contribution in [0.1, 0.15) is 46.7 Å². The fraction of sp³-hybridized carbons (Fsp3) is 0.550. The van der Waals surface area contributed by atoms with Gasteiger partial charge in [0.2, 0.25) is 0 Å². The van der Waals surface area contributed by atoms with Gasteiger partial charge in [0.1, 0.15) is 10.5 Å². The van der Waals surface area contributed by atoms with E-state index in [0.717, 1.165) is 56.7 Å². The summed E-state index contributed by atoms with van der Waals surface area (Å²) in [7, 11) is 0. The van der Waals surface area contributed by atoms with Gasteiger partial charge in [0.05, 0.1) is 29.5 Å². The first kappa shape index (κ1) is 18.5. The van der Waals surface area contributed by atoms with Crippen molar-refractivity contribution in [3.8, 4) is 0 Å². The monoisotopic (exact) mass is 386 g/mol. The number of hydrogen-bond acceptors (Lipinski definition) is 6. The smallest absolute Gasteiger partial charge is 0.263 e. The third-order valence-corrected chi connectivity index (χ3v) is 6.56. The lowest BCUT2D eigenvalue weighted by Gasteiger charge is -2.49. The number of nitrogens with one attached hydrogen (secondary N) is 1. The Morgan fingerprint density at radius 3 is 3.11 bits per heavy atom. The summed E-state index contributed by atoms with van der Waals surface area (Å²) in [4.78, 5) is 24.6. The molecule has 0 unspecified atom stereocenters. The lowest BCUT2D eigenvalue weighted by atomic mass is 9.78. The molecular weight excluding hydrogens is 360 g/mol. The Kier molecular flexibility index (Phi) is 5.52. The van der Waals surface area contributed by atoms with Gasteiger partial charge in [-0.25, -0.2) is 4.98 Å². The predicted octanol–water partition coefficient (Wildman–Crippen LogP) is 2.79. The molecule has 2 aromatic rings. The van der Waals surface area contributed by atoms with Crippen LogP contribution in [0, 0.1) is 6.92 Å². The van der Waals surface area contributed by atoms with Gasteiger partial charge < -0.3 is 10.1 Å². The SMILES string of the molecule is Cc1ncsc1C(=O)N[C@@H]1CCCC[C@]12CN(Cc1ccccn1)CCO2. The van der Waals surface area contributed by atoms with Crippen molar-refractivity contribution in [2.24, 2.45) is 0 Å². The van der Waals surface area contributed by atoms with Crippen molar-refractivity contribution in [3.63, 3.8) is 0 Å². The van der Waals surface area contributed by atoms with Crippen molar-refractivity contribution < 1.29 is 9.53 Å². The van der Waals surface area contributed by atoms with E-state index in [1.54, 1.807) is 5.51 Å². The van der Waals surface area contributed by atoms with Gasteiger partial charge in [-0.2, -0.15) is 0 Å². The minimum Gasteiger partial charge on any atom is -0.370 e. The second-order valence-electron chi connectivity index (χ2n) is 7.48. The highest BCUT2D eigenvalue weighted by molar-refractivity contribution is 7.11. The van der Waals surface area contributed by atoms with Crippen LogP contribution in [0.15, 0.2) is 29.9 Å². The second kappa shape index (κ2) is 8.04. The number of amides is 1. The van der Waals surface area contributed by atoms with Gasteiger partial charge in [0.15, 0.2) is 0 Å². The van der Waals surface area contributed by atoms with Gasteiger partial charge in [-0.3, -0.25) is 14.7 Å². The summed E-state index contributed by atoms with van der Waals surface area (Å²) in [5, 5.41) is 3.27. The number of aromatic nitrogens is 2. The highest BCUT2D eigenvalue weighted by atomic mass is 32.1. The summed E-state index contributed by atoms with van der Waals surface area (Å²) in [6.07, 6.45) is 6.05. The summed E-state index contributed by atoms with van der Waals surface area (Å²) >= 11 is 1.40. The van der Waals surface area contributed by atoms with Crippen molar-refractivity contribution in [2.45, 2.75) is 50.8 Å². The van der Waals surface area contributed by atoms with Crippen molar-refractivity contribution in [1.29, 1.82) is 0 Å². The van der Waals surface area contributed by atoms with E-state index in [1.165, 1.54) is 11.3 Å². The van der Waals surface area contributed by atoms with E-state index in [0.29, 0.717) is 11.5 Å². The Hall–Kier alpha value is -1.83. The highest BCUT2D eigenvalue weighted by Crippen LogP contribution is 2.35. The number of ether oxygens (including phenoxy) is 1. The van der Waals surface area contributed by atoms with Crippen LogP contribution in [0.2, 0.25) is 0 Å². The average molecular weight is 387 g/mol. The summed E-state index contributed by atoms with van der Waals surface area (Å²) in [5.41, 5.74) is 3.29. The van der Waals surface area contributed by atoms with Crippen LogP contribution in [0.3, 0.4) is 0 Å². The third-order valence-electron chi connectivity index (χ3n) is 5.63. The minimum absolute atomic E-state index is 0.0216. The zero-order valence-corrected chi connectivity index (χ0v) is 16.5. The van der Waals surface area contributed by atoms with Gasteiger partial charge in [-0.15, -0.1) is 11.3 Å². The molecule has 2 atom stereocenters. The van der Waals surface area contributed by atoms with Crippen molar-refractivity contribution in [1.82, 2.24) is 20.2 Å². The van der Waals surface area contributed by atoms with Crippen LogP contribution in [-0.2, 0) is 11.3 Å². The standard InChI is InChI=1S/C20H26N4O2S/c1-15-18(27-14-22-15)19(25)23-17-7-2-4-8-20(17)13-24(10-11-26-20)12-16-6-3-5-9-21-16/h3,5-6,9,14,17H,2,4,7-8,10-13H2,1H3,(H,23,25)/t17-,20+/m1/s1. The molecule has 0 radical (unpaired) electrons. The molecule has 3 heterocycles. The van der Waals surface area contributed by atoms with Gasteiger partial charge in [-0.05, 0) is 31.9 Å². The van der Waals surface area contributed by atoms with Crippen molar-refractivity contribution in [3.05, 3.63) is 46.2 Å². The van der Waals surface area contributed by atoms with E-state index in [9.17, 15) is 4.79 Å². The Labute approximate surface area is 164 Å². The lowest BCUT2D eigenvalue weighted by Crippen LogP contribution is -2.63. The van der Waals surface area contributed by atoms with Crippen LogP contribution in [0.5, 0.6) is 0 Å². The van der Waals surface area contributed by atoms with Gasteiger partial charge in [0.25, 0.3) is 5.91 Å². The molecule has 1 aliphatic heterocycles.